The van der Waals surface area contributed by atoms with Gasteiger partial charge < -0.3 is 4.42 Å². The van der Waals surface area contributed by atoms with E-state index in [1.54, 1.807) is 6.07 Å². The van der Waals surface area contributed by atoms with Gasteiger partial charge in [0.15, 0.2) is 0 Å². The minimum absolute atomic E-state index is 0.0427. The van der Waals surface area contributed by atoms with Gasteiger partial charge in [0.05, 0.1) is 13.7 Å². The molecule has 49 heavy (non-hydrogen) atoms. The fourth-order valence-corrected chi connectivity index (χ4v) is 7.27. The van der Waals surface area contributed by atoms with Crippen molar-refractivity contribution in [2.45, 2.75) is 0 Å². The molecule has 0 aliphatic carbocycles. The Hall–Kier alpha value is -6.44. The van der Waals surface area contributed by atoms with E-state index >= 15 is 0 Å². The van der Waals surface area contributed by atoms with E-state index in [0.717, 1.165) is 54.9 Å². The molecule has 0 amide bonds. The highest BCUT2D eigenvalue weighted by molar-refractivity contribution is 6.24. The molecule has 0 saturated heterocycles. The third-order valence-electron chi connectivity index (χ3n) is 9.35. The minimum atomic E-state index is -0.623. The Labute approximate surface area is 298 Å². The summed E-state index contributed by atoms with van der Waals surface area (Å²) >= 11 is 0. The molecule has 0 aliphatic heterocycles. The summed E-state index contributed by atoms with van der Waals surface area (Å²) in [5.41, 5.74) is 6.00. The summed E-state index contributed by atoms with van der Waals surface area (Å²) in [6, 6.07) is 35.5. The predicted octanol–water partition coefficient (Wildman–Crippen LogP) is 13.7. The van der Waals surface area contributed by atoms with Crippen molar-refractivity contribution >= 4 is 54.3 Å². The minimum Gasteiger partial charge on any atom is -0.455 e. The van der Waals surface area contributed by atoms with E-state index in [9.17, 15) is 1.37 Å². The van der Waals surface area contributed by atoms with Gasteiger partial charge in [-0.3, -0.25) is 0 Å². The van der Waals surface area contributed by atoms with Crippen molar-refractivity contribution in [3.05, 3.63) is 182 Å². The molecule has 1 nitrogen and oxygen atoms in total. The van der Waals surface area contributed by atoms with E-state index in [1.807, 2.05) is 60.7 Å². The topological polar surface area (TPSA) is 13.1 Å². The quantitative estimate of drug-likeness (QED) is 0.176. The fraction of sp³-hybridized carbons (Fsp3) is 0. The molecule has 1 heterocycles. The molecular weight excluding hydrogens is 593 g/mol. The Bertz CT molecular complexity index is 3360. The molecule has 0 N–H and O–H groups in total. The van der Waals surface area contributed by atoms with Crippen molar-refractivity contribution in [3.63, 3.8) is 0 Å². The lowest BCUT2D eigenvalue weighted by Gasteiger charge is -2.19. The standard InChI is InChI=1S/C48H30O/c1-3-15-31(16-4-1)34-19-7-9-21-36(34)47-39-24-12-10-22-37(39)46(38-23-11-13-25-40(38)47)33-27-28-45-43(29-33)44-30-42(32-17-5-2-6-18-32)35-20-8-14-26-41(35)48(44)49-45/h1-30H/i2D,5D,6D,8D,14D,17D,18D,20D,26D,30D. The lowest BCUT2D eigenvalue weighted by Crippen LogP contribution is -1.92. The van der Waals surface area contributed by atoms with Gasteiger partial charge in [0.25, 0.3) is 0 Å². The number of rotatable bonds is 4. The van der Waals surface area contributed by atoms with Crippen molar-refractivity contribution in [3.8, 4) is 44.5 Å². The van der Waals surface area contributed by atoms with E-state index in [4.69, 9.17) is 16.8 Å². The summed E-state index contributed by atoms with van der Waals surface area (Å²) in [4.78, 5) is 0. The first-order valence-electron chi connectivity index (χ1n) is 21.0. The molecule has 0 saturated carbocycles. The van der Waals surface area contributed by atoms with Crippen LogP contribution in [0.4, 0.5) is 0 Å². The van der Waals surface area contributed by atoms with Gasteiger partial charge >= 0.3 is 0 Å². The van der Waals surface area contributed by atoms with Gasteiger partial charge in [0.2, 0.25) is 0 Å². The molecule has 10 aromatic rings. The molecule has 0 bridgehead atoms. The maximum absolute atomic E-state index is 9.74. The molecule has 1 heteroatoms. The average molecular weight is 633 g/mol. The number of furan rings is 1. The van der Waals surface area contributed by atoms with Crippen LogP contribution >= 0.6 is 0 Å². The maximum atomic E-state index is 9.74. The lowest BCUT2D eigenvalue weighted by atomic mass is 9.83. The average Bonchev–Trinajstić information content (AvgIpc) is 3.65. The Morgan fingerprint density at radius 3 is 1.67 bits per heavy atom. The Balaban J connectivity index is 1.33. The van der Waals surface area contributed by atoms with Crippen LogP contribution in [0.15, 0.2) is 186 Å². The van der Waals surface area contributed by atoms with Crippen LogP contribution in [0.2, 0.25) is 0 Å². The Kier molecular flexibility index (Phi) is 4.39. The van der Waals surface area contributed by atoms with Crippen LogP contribution in [-0.4, -0.2) is 0 Å². The fourth-order valence-electron chi connectivity index (χ4n) is 7.27. The van der Waals surface area contributed by atoms with Crippen LogP contribution < -0.4 is 0 Å². The zero-order chi connectivity index (χ0) is 41.0. The Morgan fingerprint density at radius 1 is 0.367 bits per heavy atom. The van der Waals surface area contributed by atoms with Crippen molar-refractivity contribution in [2.75, 3.05) is 0 Å². The summed E-state index contributed by atoms with van der Waals surface area (Å²) < 4.78 is 94.2. The second kappa shape index (κ2) is 11.1. The van der Waals surface area contributed by atoms with Gasteiger partial charge in [-0.1, -0.05) is 164 Å². The number of fused-ring (bicyclic) bond motifs is 7. The lowest BCUT2D eigenvalue weighted by molar-refractivity contribution is 0.673. The first kappa shape index (κ1) is 19.4. The van der Waals surface area contributed by atoms with Crippen LogP contribution in [0.5, 0.6) is 0 Å². The van der Waals surface area contributed by atoms with E-state index in [2.05, 4.69) is 54.6 Å². The molecule has 0 atom stereocenters. The van der Waals surface area contributed by atoms with Crippen molar-refractivity contribution in [1.29, 1.82) is 0 Å². The smallest absolute Gasteiger partial charge is 0.143 e. The summed E-state index contributed by atoms with van der Waals surface area (Å²) in [5.74, 6) is 0. The zero-order valence-corrected chi connectivity index (χ0v) is 26.0. The number of hydrogen-bond acceptors (Lipinski definition) is 1. The highest BCUT2D eigenvalue weighted by atomic mass is 16.3. The van der Waals surface area contributed by atoms with Gasteiger partial charge in [-0.2, -0.15) is 0 Å². The number of benzene rings is 9. The van der Waals surface area contributed by atoms with Gasteiger partial charge in [-0.05, 0) is 89.6 Å². The molecule has 0 radical (unpaired) electrons. The largest absolute Gasteiger partial charge is 0.455 e. The van der Waals surface area contributed by atoms with Crippen LogP contribution in [0.3, 0.4) is 0 Å². The third kappa shape index (κ3) is 4.33. The second-order valence-corrected chi connectivity index (χ2v) is 12.0. The van der Waals surface area contributed by atoms with Gasteiger partial charge in [0, 0.05) is 16.2 Å². The molecule has 0 fully saturated rings. The molecular formula is C48H30O. The SMILES string of the molecule is [2H]c1c([2H])c([2H])c(-c2c([2H])c3c4cc(-c5c6ccccc6c(-c6ccccc6-c6ccccc6)c6ccccc56)ccc4oc3c3c([2H])c([2H])c([2H])c([2H])c23)c([2H])c1[2H]. The van der Waals surface area contributed by atoms with Crippen LogP contribution in [0.25, 0.3) is 98.8 Å². The highest BCUT2D eigenvalue weighted by Crippen LogP contribution is 2.47. The summed E-state index contributed by atoms with van der Waals surface area (Å²) in [5, 5.41) is 4.51. The van der Waals surface area contributed by atoms with Crippen LogP contribution in [0, 0.1) is 0 Å². The van der Waals surface area contributed by atoms with Crippen molar-refractivity contribution in [2.24, 2.45) is 0 Å². The van der Waals surface area contributed by atoms with E-state index < -0.39 is 54.4 Å². The first-order valence-corrected chi connectivity index (χ1v) is 16.0. The molecule has 0 aliphatic rings. The predicted molar refractivity (Wildman–Crippen MR) is 208 cm³/mol. The van der Waals surface area contributed by atoms with Gasteiger partial charge in [-0.15, -0.1) is 0 Å². The summed E-state index contributed by atoms with van der Waals surface area (Å²) in [7, 11) is 0. The molecule has 1 aromatic heterocycles. The normalized spacial score (nSPS) is 14.5. The number of hydrogen-bond donors (Lipinski definition) is 0. The third-order valence-corrected chi connectivity index (χ3v) is 9.35. The van der Waals surface area contributed by atoms with Gasteiger partial charge in [0.1, 0.15) is 11.2 Å². The van der Waals surface area contributed by atoms with Crippen molar-refractivity contribution in [1.82, 2.24) is 0 Å². The van der Waals surface area contributed by atoms with Crippen molar-refractivity contribution < 1.29 is 18.1 Å². The van der Waals surface area contributed by atoms with E-state index in [1.165, 1.54) is 0 Å². The van der Waals surface area contributed by atoms with Crippen LogP contribution in [0.1, 0.15) is 13.7 Å². The first-order chi connectivity index (χ1) is 28.5. The molecule has 0 spiro atoms. The Morgan fingerprint density at radius 2 is 0.959 bits per heavy atom. The zero-order valence-electron chi connectivity index (χ0n) is 36.0. The highest BCUT2D eigenvalue weighted by Gasteiger charge is 2.20. The monoisotopic (exact) mass is 632 g/mol. The molecule has 10 rings (SSSR count). The van der Waals surface area contributed by atoms with E-state index in [-0.39, 0.29) is 38.9 Å². The maximum Gasteiger partial charge on any atom is 0.143 e. The van der Waals surface area contributed by atoms with Gasteiger partial charge in [-0.25, -0.2) is 0 Å². The van der Waals surface area contributed by atoms with E-state index in [0.29, 0.717) is 11.0 Å². The molecule has 9 aromatic carbocycles. The summed E-state index contributed by atoms with van der Waals surface area (Å²) in [6.07, 6.45) is 0. The molecule has 0 unspecified atom stereocenters. The second-order valence-electron chi connectivity index (χ2n) is 12.0. The molecule has 228 valence electrons. The summed E-state index contributed by atoms with van der Waals surface area (Å²) in [6.45, 7) is 0. The van der Waals surface area contributed by atoms with Crippen LogP contribution in [-0.2, 0) is 0 Å².